The second-order valence-corrected chi connectivity index (χ2v) is 5.21. The van der Waals surface area contributed by atoms with Crippen LogP contribution in [0, 0.1) is 0 Å². The maximum Gasteiger partial charge on any atom is 0.226 e. The Kier molecular flexibility index (Phi) is 4.10. The van der Waals surface area contributed by atoms with E-state index in [-0.39, 0.29) is 11.6 Å². The average Bonchev–Trinajstić information content (AvgIpc) is 2.39. The van der Waals surface area contributed by atoms with Gasteiger partial charge in [0.05, 0.1) is 12.1 Å². The van der Waals surface area contributed by atoms with Gasteiger partial charge in [0.2, 0.25) is 5.91 Å². The lowest BCUT2D eigenvalue weighted by molar-refractivity contribution is -0.132. The molecule has 1 aliphatic heterocycles. The van der Waals surface area contributed by atoms with Gasteiger partial charge in [0, 0.05) is 25.3 Å². The maximum atomic E-state index is 12.2. The third kappa shape index (κ3) is 3.07. The second-order valence-electron chi connectivity index (χ2n) is 5.21. The van der Waals surface area contributed by atoms with E-state index < -0.39 is 0 Å². The monoisotopic (exact) mass is 261 g/mol. The number of carbonyl (C=O) groups excluding carboxylic acids is 1. The number of nitrogens with one attached hydrogen (secondary N) is 2. The van der Waals surface area contributed by atoms with Crippen LogP contribution in [0.5, 0.6) is 0 Å². The standard InChI is InChI=1S/C15H23N3O/c1-4-18(5-2)14(19)10-15(3)16-11-12-8-6-7-9-13(12)17-15/h6-9,16-17H,4-5,10-11H2,1-3H3. The minimum absolute atomic E-state index is 0.187. The van der Waals surface area contributed by atoms with Crippen molar-refractivity contribution in [3.8, 4) is 0 Å². The van der Waals surface area contributed by atoms with E-state index in [1.165, 1.54) is 5.56 Å². The van der Waals surface area contributed by atoms with Crippen LogP contribution in [0.1, 0.15) is 32.8 Å². The number of hydrogen-bond donors (Lipinski definition) is 2. The molecule has 4 heteroatoms. The van der Waals surface area contributed by atoms with Gasteiger partial charge in [-0.25, -0.2) is 0 Å². The van der Waals surface area contributed by atoms with Crippen molar-refractivity contribution in [3.63, 3.8) is 0 Å². The molecule has 0 bridgehead atoms. The third-order valence-electron chi connectivity index (χ3n) is 3.72. The summed E-state index contributed by atoms with van der Waals surface area (Å²) in [6.07, 6.45) is 0.461. The Balaban J connectivity index is 2.07. The number of para-hydroxylation sites is 1. The quantitative estimate of drug-likeness (QED) is 0.873. The van der Waals surface area contributed by atoms with Crippen LogP contribution in [-0.2, 0) is 11.3 Å². The number of rotatable bonds is 4. The normalized spacial score (nSPS) is 21.4. The molecule has 19 heavy (non-hydrogen) atoms. The van der Waals surface area contributed by atoms with Gasteiger partial charge in [-0.3, -0.25) is 10.1 Å². The topological polar surface area (TPSA) is 44.4 Å². The Morgan fingerprint density at radius 2 is 2.00 bits per heavy atom. The van der Waals surface area contributed by atoms with Crippen molar-refractivity contribution in [2.45, 2.75) is 39.4 Å². The molecule has 1 unspecified atom stereocenters. The summed E-state index contributed by atoms with van der Waals surface area (Å²) in [5.74, 6) is 0.187. The highest BCUT2D eigenvalue weighted by Crippen LogP contribution is 2.26. The molecule has 0 aliphatic carbocycles. The fourth-order valence-corrected chi connectivity index (χ4v) is 2.53. The molecule has 1 amide bonds. The first-order valence-electron chi connectivity index (χ1n) is 6.97. The Hall–Kier alpha value is -1.55. The zero-order chi connectivity index (χ0) is 13.9. The van der Waals surface area contributed by atoms with Crippen molar-refractivity contribution in [1.29, 1.82) is 0 Å². The van der Waals surface area contributed by atoms with Crippen LogP contribution in [0.3, 0.4) is 0 Å². The molecule has 0 radical (unpaired) electrons. The minimum Gasteiger partial charge on any atom is -0.367 e. The molecule has 2 N–H and O–H groups in total. The number of fused-ring (bicyclic) bond motifs is 1. The van der Waals surface area contributed by atoms with Gasteiger partial charge in [-0.1, -0.05) is 18.2 Å². The highest BCUT2D eigenvalue weighted by Gasteiger charge is 2.31. The summed E-state index contributed by atoms with van der Waals surface area (Å²) < 4.78 is 0. The summed E-state index contributed by atoms with van der Waals surface area (Å²) in [4.78, 5) is 14.1. The molecule has 0 fully saturated rings. The van der Waals surface area contributed by atoms with E-state index in [2.05, 4.69) is 22.8 Å². The molecule has 2 rings (SSSR count). The largest absolute Gasteiger partial charge is 0.367 e. The van der Waals surface area contributed by atoms with Crippen LogP contribution in [0.4, 0.5) is 5.69 Å². The zero-order valence-corrected chi connectivity index (χ0v) is 12.0. The van der Waals surface area contributed by atoms with E-state index in [0.717, 1.165) is 25.3 Å². The highest BCUT2D eigenvalue weighted by molar-refractivity contribution is 5.78. The van der Waals surface area contributed by atoms with Crippen LogP contribution in [0.25, 0.3) is 0 Å². The number of benzene rings is 1. The Morgan fingerprint density at radius 3 is 2.68 bits per heavy atom. The summed E-state index contributed by atoms with van der Waals surface area (Å²) in [6, 6.07) is 8.22. The van der Waals surface area contributed by atoms with E-state index in [1.54, 1.807) is 0 Å². The van der Waals surface area contributed by atoms with Crippen LogP contribution in [0.2, 0.25) is 0 Å². The molecule has 0 spiro atoms. The van der Waals surface area contributed by atoms with Crippen LogP contribution >= 0.6 is 0 Å². The molecule has 1 heterocycles. The van der Waals surface area contributed by atoms with E-state index in [9.17, 15) is 4.79 Å². The minimum atomic E-state index is -0.367. The fraction of sp³-hybridized carbons (Fsp3) is 0.533. The molecular formula is C15H23N3O. The van der Waals surface area contributed by atoms with Crippen molar-refractivity contribution < 1.29 is 4.79 Å². The number of nitrogens with zero attached hydrogens (tertiary/aromatic N) is 1. The predicted octanol–water partition coefficient (Wildman–Crippen LogP) is 2.18. The molecule has 0 saturated heterocycles. The summed E-state index contributed by atoms with van der Waals surface area (Å²) in [7, 11) is 0. The summed E-state index contributed by atoms with van der Waals surface area (Å²) in [5, 5.41) is 6.88. The number of anilines is 1. The summed E-state index contributed by atoms with van der Waals surface area (Å²) in [6.45, 7) is 8.40. The van der Waals surface area contributed by atoms with E-state index in [4.69, 9.17) is 0 Å². The number of carbonyl (C=O) groups is 1. The van der Waals surface area contributed by atoms with Gasteiger partial charge in [-0.2, -0.15) is 0 Å². The lowest BCUT2D eigenvalue weighted by Crippen LogP contribution is -2.54. The van der Waals surface area contributed by atoms with Gasteiger partial charge in [0.15, 0.2) is 0 Å². The van der Waals surface area contributed by atoms with Gasteiger partial charge in [0.1, 0.15) is 0 Å². The van der Waals surface area contributed by atoms with E-state index in [1.807, 2.05) is 37.8 Å². The predicted molar refractivity (Wildman–Crippen MR) is 77.9 cm³/mol. The molecule has 4 nitrogen and oxygen atoms in total. The van der Waals surface area contributed by atoms with Gasteiger partial charge in [-0.15, -0.1) is 0 Å². The van der Waals surface area contributed by atoms with Crippen molar-refractivity contribution in [1.82, 2.24) is 10.2 Å². The summed E-state index contributed by atoms with van der Waals surface area (Å²) >= 11 is 0. The first-order chi connectivity index (χ1) is 9.08. The molecule has 1 aromatic carbocycles. The second kappa shape index (κ2) is 5.61. The highest BCUT2D eigenvalue weighted by atomic mass is 16.2. The Morgan fingerprint density at radius 1 is 1.32 bits per heavy atom. The average molecular weight is 261 g/mol. The van der Waals surface area contributed by atoms with E-state index >= 15 is 0 Å². The van der Waals surface area contributed by atoms with Crippen molar-refractivity contribution in [3.05, 3.63) is 29.8 Å². The molecule has 1 aliphatic rings. The van der Waals surface area contributed by atoms with Gasteiger partial charge in [-0.05, 0) is 32.4 Å². The van der Waals surface area contributed by atoms with Crippen LogP contribution in [0.15, 0.2) is 24.3 Å². The first-order valence-corrected chi connectivity index (χ1v) is 6.97. The smallest absolute Gasteiger partial charge is 0.226 e. The molecule has 0 aromatic heterocycles. The molecule has 0 saturated carbocycles. The molecule has 104 valence electrons. The fourth-order valence-electron chi connectivity index (χ4n) is 2.53. The van der Waals surface area contributed by atoms with Crippen molar-refractivity contribution in [2.24, 2.45) is 0 Å². The third-order valence-corrected chi connectivity index (χ3v) is 3.72. The van der Waals surface area contributed by atoms with Gasteiger partial charge >= 0.3 is 0 Å². The molecule has 1 atom stereocenters. The lowest BCUT2D eigenvalue weighted by atomic mass is 10.0. The Labute approximate surface area is 115 Å². The number of amides is 1. The maximum absolute atomic E-state index is 12.2. The van der Waals surface area contributed by atoms with Crippen LogP contribution < -0.4 is 10.6 Å². The van der Waals surface area contributed by atoms with Gasteiger partial charge < -0.3 is 10.2 Å². The SMILES string of the molecule is CCN(CC)C(=O)CC1(C)NCc2ccccc2N1. The van der Waals surface area contributed by atoms with Gasteiger partial charge in [0.25, 0.3) is 0 Å². The van der Waals surface area contributed by atoms with E-state index in [0.29, 0.717) is 6.42 Å². The zero-order valence-electron chi connectivity index (χ0n) is 12.0. The van der Waals surface area contributed by atoms with Crippen molar-refractivity contribution in [2.75, 3.05) is 18.4 Å². The van der Waals surface area contributed by atoms with Crippen molar-refractivity contribution >= 4 is 11.6 Å². The molecule has 1 aromatic rings. The lowest BCUT2D eigenvalue weighted by Gasteiger charge is -2.38. The summed E-state index contributed by atoms with van der Waals surface area (Å²) in [5.41, 5.74) is 2.00. The first kappa shape index (κ1) is 13.9. The van der Waals surface area contributed by atoms with Crippen LogP contribution in [-0.4, -0.2) is 29.6 Å². The molecular weight excluding hydrogens is 238 g/mol. The Bertz CT molecular complexity index is 456. The number of hydrogen-bond acceptors (Lipinski definition) is 3.